The van der Waals surface area contributed by atoms with Crippen molar-refractivity contribution in [1.82, 2.24) is 5.32 Å². The molecule has 1 aromatic heterocycles. The standard InChI is InChI=1S/C13H11NO2S2/c15-11-10(17)6-7-16-12(11)13(18)14-8-9-4-2-1-3-5-9/h1-7,15H,8H2,(H,14,18). The quantitative estimate of drug-likeness (QED) is 0.844. The van der Waals surface area contributed by atoms with Crippen molar-refractivity contribution in [3.8, 4) is 5.75 Å². The zero-order valence-electron chi connectivity index (χ0n) is 9.42. The van der Waals surface area contributed by atoms with E-state index in [1.165, 1.54) is 12.3 Å². The first-order valence-corrected chi connectivity index (χ1v) is 6.13. The number of thiocarbonyl (C=S) groups is 1. The van der Waals surface area contributed by atoms with Gasteiger partial charge in [0.1, 0.15) is 4.99 Å². The van der Waals surface area contributed by atoms with Gasteiger partial charge in [-0.3, -0.25) is 0 Å². The second-order valence-corrected chi connectivity index (χ2v) is 4.48. The fourth-order valence-corrected chi connectivity index (χ4v) is 1.80. The third kappa shape index (κ3) is 2.94. The monoisotopic (exact) mass is 277 g/mol. The van der Waals surface area contributed by atoms with E-state index in [2.05, 4.69) is 5.32 Å². The van der Waals surface area contributed by atoms with E-state index in [4.69, 9.17) is 28.9 Å². The first-order valence-electron chi connectivity index (χ1n) is 5.31. The summed E-state index contributed by atoms with van der Waals surface area (Å²) in [6, 6.07) is 11.3. The summed E-state index contributed by atoms with van der Waals surface area (Å²) >= 11 is 10.1. The Bertz CT molecular complexity index is 608. The summed E-state index contributed by atoms with van der Waals surface area (Å²) in [6.45, 7) is 0.566. The van der Waals surface area contributed by atoms with Crippen molar-refractivity contribution < 1.29 is 9.52 Å². The maximum atomic E-state index is 9.74. The first-order chi connectivity index (χ1) is 8.68. The van der Waals surface area contributed by atoms with Gasteiger partial charge in [0.15, 0.2) is 5.75 Å². The highest BCUT2D eigenvalue weighted by atomic mass is 32.1. The van der Waals surface area contributed by atoms with Gasteiger partial charge in [0, 0.05) is 6.54 Å². The molecule has 2 rings (SSSR count). The minimum atomic E-state index is -0.0990. The topological polar surface area (TPSA) is 45.4 Å². The predicted octanol–water partition coefficient (Wildman–Crippen LogP) is 3.18. The molecule has 0 saturated heterocycles. The summed E-state index contributed by atoms with van der Waals surface area (Å²) in [5.74, 6) is 0.103. The SMILES string of the molecule is Oc1c(C(=S)NCc2ccccc2)occc1=S. The number of rotatable bonds is 3. The molecular weight excluding hydrogens is 266 g/mol. The van der Waals surface area contributed by atoms with Gasteiger partial charge in [-0.1, -0.05) is 54.8 Å². The van der Waals surface area contributed by atoms with Gasteiger partial charge in [-0.05, 0) is 11.6 Å². The molecule has 0 radical (unpaired) electrons. The predicted molar refractivity (Wildman–Crippen MR) is 76.2 cm³/mol. The van der Waals surface area contributed by atoms with E-state index < -0.39 is 0 Å². The van der Waals surface area contributed by atoms with Crippen LogP contribution in [0.2, 0.25) is 0 Å². The van der Waals surface area contributed by atoms with E-state index in [0.29, 0.717) is 16.0 Å². The number of aromatic hydroxyl groups is 1. The van der Waals surface area contributed by atoms with E-state index >= 15 is 0 Å². The van der Waals surface area contributed by atoms with Gasteiger partial charge < -0.3 is 14.8 Å². The lowest BCUT2D eigenvalue weighted by atomic mass is 10.2. The zero-order chi connectivity index (χ0) is 13.0. The molecule has 0 amide bonds. The van der Waals surface area contributed by atoms with Crippen molar-refractivity contribution in [2.75, 3.05) is 0 Å². The van der Waals surface area contributed by atoms with Crippen LogP contribution in [0, 0.1) is 4.51 Å². The molecule has 0 unspecified atom stereocenters. The molecule has 0 aliphatic heterocycles. The van der Waals surface area contributed by atoms with Crippen molar-refractivity contribution in [3.05, 3.63) is 58.5 Å². The van der Waals surface area contributed by atoms with Crippen LogP contribution in [0.3, 0.4) is 0 Å². The van der Waals surface area contributed by atoms with Gasteiger partial charge in [0.05, 0.1) is 10.8 Å². The van der Waals surface area contributed by atoms with E-state index in [1.54, 1.807) is 0 Å². The van der Waals surface area contributed by atoms with E-state index in [9.17, 15) is 5.11 Å². The highest BCUT2D eigenvalue weighted by Gasteiger charge is 2.10. The summed E-state index contributed by atoms with van der Waals surface area (Å²) in [4.78, 5) is 0.336. The van der Waals surface area contributed by atoms with Crippen LogP contribution < -0.4 is 5.32 Å². The molecule has 0 atom stereocenters. The molecule has 1 aromatic carbocycles. The number of benzene rings is 1. The molecule has 5 heteroatoms. The molecule has 0 fully saturated rings. The van der Waals surface area contributed by atoms with Gasteiger partial charge >= 0.3 is 0 Å². The molecular formula is C13H11NO2S2. The lowest BCUT2D eigenvalue weighted by Crippen LogP contribution is -2.21. The summed E-state index contributed by atoms with van der Waals surface area (Å²) in [5.41, 5.74) is 1.09. The van der Waals surface area contributed by atoms with Crippen LogP contribution in [0.1, 0.15) is 11.3 Å². The van der Waals surface area contributed by atoms with Crippen LogP contribution in [-0.2, 0) is 6.54 Å². The van der Waals surface area contributed by atoms with Crippen LogP contribution in [0.25, 0.3) is 0 Å². The molecule has 0 saturated carbocycles. The lowest BCUT2D eigenvalue weighted by Gasteiger charge is -2.08. The summed E-state index contributed by atoms with van der Waals surface area (Å²) in [6.07, 6.45) is 1.41. The molecule has 18 heavy (non-hydrogen) atoms. The molecule has 92 valence electrons. The molecule has 0 aliphatic rings. The van der Waals surface area contributed by atoms with Crippen molar-refractivity contribution in [2.45, 2.75) is 6.54 Å². The van der Waals surface area contributed by atoms with Gasteiger partial charge in [0.25, 0.3) is 0 Å². The Balaban J connectivity index is 2.09. The second-order valence-electron chi connectivity index (χ2n) is 3.63. The van der Waals surface area contributed by atoms with Gasteiger partial charge in [0.2, 0.25) is 5.76 Å². The van der Waals surface area contributed by atoms with Gasteiger partial charge in [-0.15, -0.1) is 0 Å². The fourth-order valence-electron chi connectivity index (χ4n) is 1.43. The van der Waals surface area contributed by atoms with Crippen LogP contribution in [0.5, 0.6) is 5.75 Å². The van der Waals surface area contributed by atoms with E-state index in [0.717, 1.165) is 5.56 Å². The summed E-state index contributed by atoms with van der Waals surface area (Å²) < 4.78 is 5.49. The largest absolute Gasteiger partial charge is 0.503 e. The van der Waals surface area contributed by atoms with E-state index in [-0.39, 0.29) is 11.5 Å². The van der Waals surface area contributed by atoms with E-state index in [1.807, 2.05) is 30.3 Å². The van der Waals surface area contributed by atoms with Crippen LogP contribution >= 0.6 is 24.4 Å². The number of hydrogen-bond acceptors (Lipinski definition) is 4. The number of nitrogens with one attached hydrogen (secondary N) is 1. The summed E-state index contributed by atoms with van der Waals surface area (Å²) in [5, 5.41) is 12.8. The Morgan fingerprint density at radius 3 is 2.67 bits per heavy atom. The Labute approximate surface area is 115 Å². The lowest BCUT2D eigenvalue weighted by molar-refractivity contribution is 0.427. The maximum Gasteiger partial charge on any atom is 0.203 e. The average Bonchev–Trinajstić information content (AvgIpc) is 2.40. The fraction of sp³-hybridized carbons (Fsp3) is 0.0769. The third-order valence-electron chi connectivity index (χ3n) is 2.36. The molecule has 2 N–H and O–H groups in total. The average molecular weight is 277 g/mol. The minimum Gasteiger partial charge on any atom is -0.503 e. The molecule has 3 nitrogen and oxygen atoms in total. The Morgan fingerprint density at radius 1 is 1.22 bits per heavy atom. The van der Waals surface area contributed by atoms with Gasteiger partial charge in [-0.2, -0.15) is 0 Å². The molecule has 0 aliphatic carbocycles. The summed E-state index contributed by atoms with van der Waals surface area (Å²) in [7, 11) is 0. The molecule has 2 aromatic rings. The highest BCUT2D eigenvalue weighted by Crippen LogP contribution is 2.18. The Kier molecular flexibility index (Phi) is 4.07. The maximum absolute atomic E-state index is 9.74. The zero-order valence-corrected chi connectivity index (χ0v) is 11.1. The second kappa shape index (κ2) is 5.75. The van der Waals surface area contributed by atoms with Crippen LogP contribution in [0.15, 0.2) is 47.1 Å². The van der Waals surface area contributed by atoms with Crippen molar-refractivity contribution >= 4 is 29.4 Å². The van der Waals surface area contributed by atoms with Crippen molar-refractivity contribution in [2.24, 2.45) is 0 Å². The Hall–Kier alpha value is -1.72. The van der Waals surface area contributed by atoms with Gasteiger partial charge in [-0.25, -0.2) is 0 Å². The van der Waals surface area contributed by atoms with Crippen molar-refractivity contribution in [1.29, 1.82) is 0 Å². The van der Waals surface area contributed by atoms with Crippen molar-refractivity contribution in [3.63, 3.8) is 0 Å². The molecule has 1 heterocycles. The highest BCUT2D eigenvalue weighted by molar-refractivity contribution is 7.80. The number of hydrogen-bond donors (Lipinski definition) is 2. The first kappa shape index (κ1) is 12.7. The van der Waals surface area contributed by atoms with Crippen LogP contribution in [0.4, 0.5) is 0 Å². The third-order valence-corrected chi connectivity index (χ3v) is 3.02. The molecule has 0 spiro atoms. The minimum absolute atomic E-state index is 0.0990. The van der Waals surface area contributed by atoms with Crippen LogP contribution in [-0.4, -0.2) is 10.1 Å². The Morgan fingerprint density at radius 2 is 1.94 bits per heavy atom. The molecule has 0 bridgehead atoms. The normalized spacial score (nSPS) is 10.0. The smallest absolute Gasteiger partial charge is 0.203 e.